The first-order chi connectivity index (χ1) is 17.7. The number of rotatable bonds is 27. The zero-order valence-corrected chi connectivity index (χ0v) is 25.3. The summed E-state index contributed by atoms with van der Waals surface area (Å²) < 4.78 is 0. The molecule has 0 N–H and O–H groups in total. The highest BCUT2D eigenvalue weighted by Gasteiger charge is 2.11. The van der Waals surface area contributed by atoms with Crippen LogP contribution in [0.2, 0.25) is 0 Å². The molecule has 0 radical (unpaired) electrons. The zero-order valence-electron chi connectivity index (χ0n) is 25.3. The molecular weight excluding hydrogens is 432 g/mol. The van der Waals surface area contributed by atoms with E-state index in [1.807, 2.05) is 0 Å². The second kappa shape index (κ2) is 30.2. The van der Waals surface area contributed by atoms with Crippen LogP contribution in [0.25, 0.3) is 0 Å². The van der Waals surface area contributed by atoms with E-state index in [9.17, 15) is 0 Å². The standard InChI is InChI=1S/C36H66/c1-5-7-9-11-13-15-17-19-21-23-25-27-29-31-33-36(35(3)4)34-32-30-28-26-24-22-20-18-16-14-12-10-8-6-2/h21-24,27-30,35-36H,5-20,25-26,31-34H2,1-4H3/b23-21+,24-22+,29-27+,30-28+. The molecule has 0 heterocycles. The van der Waals surface area contributed by atoms with Crippen LogP contribution in [0, 0.1) is 11.8 Å². The van der Waals surface area contributed by atoms with Gasteiger partial charge in [-0.05, 0) is 76.0 Å². The van der Waals surface area contributed by atoms with E-state index < -0.39 is 0 Å². The molecule has 0 unspecified atom stereocenters. The molecule has 0 heteroatoms. The molecule has 0 fully saturated rings. The molecule has 0 saturated heterocycles. The second-order valence-corrected chi connectivity index (χ2v) is 11.3. The molecule has 0 aromatic heterocycles. The van der Waals surface area contributed by atoms with Crippen LogP contribution in [0.3, 0.4) is 0 Å². The van der Waals surface area contributed by atoms with Crippen LogP contribution in [-0.2, 0) is 0 Å². The van der Waals surface area contributed by atoms with Crippen LogP contribution in [0.15, 0.2) is 48.6 Å². The van der Waals surface area contributed by atoms with Crippen molar-refractivity contribution in [2.75, 3.05) is 0 Å². The van der Waals surface area contributed by atoms with E-state index in [2.05, 4.69) is 76.3 Å². The van der Waals surface area contributed by atoms with Crippen molar-refractivity contribution in [3.8, 4) is 0 Å². The molecule has 0 bridgehead atoms. The third-order valence-corrected chi connectivity index (χ3v) is 7.51. The van der Waals surface area contributed by atoms with Crippen molar-refractivity contribution < 1.29 is 0 Å². The van der Waals surface area contributed by atoms with Gasteiger partial charge in [0.2, 0.25) is 0 Å². The summed E-state index contributed by atoms with van der Waals surface area (Å²) in [6, 6.07) is 0. The van der Waals surface area contributed by atoms with Gasteiger partial charge < -0.3 is 0 Å². The average Bonchev–Trinajstić information content (AvgIpc) is 2.87. The lowest BCUT2D eigenvalue weighted by Gasteiger charge is -2.19. The molecular formula is C36H66. The molecule has 0 spiro atoms. The van der Waals surface area contributed by atoms with Crippen molar-refractivity contribution in [1.82, 2.24) is 0 Å². The maximum Gasteiger partial charge on any atom is -0.0169 e. The normalized spacial score (nSPS) is 12.7. The Balaban J connectivity index is 3.69. The topological polar surface area (TPSA) is 0 Å². The number of allylic oxidation sites excluding steroid dienone is 8. The second-order valence-electron chi connectivity index (χ2n) is 11.3. The van der Waals surface area contributed by atoms with Crippen LogP contribution in [0.1, 0.15) is 169 Å². The molecule has 0 saturated carbocycles. The van der Waals surface area contributed by atoms with E-state index in [0.29, 0.717) is 0 Å². The summed E-state index contributed by atoms with van der Waals surface area (Å²) in [5.41, 5.74) is 0. The Kier molecular flexibility index (Phi) is 29.3. The molecule has 0 aromatic carbocycles. The predicted octanol–water partition coefficient (Wildman–Crippen LogP) is 13.1. The molecule has 0 atom stereocenters. The monoisotopic (exact) mass is 499 g/mol. The highest BCUT2D eigenvalue weighted by molar-refractivity contribution is 4.94. The zero-order chi connectivity index (χ0) is 26.4. The summed E-state index contributed by atoms with van der Waals surface area (Å²) >= 11 is 0. The van der Waals surface area contributed by atoms with Gasteiger partial charge >= 0.3 is 0 Å². The van der Waals surface area contributed by atoms with Crippen molar-refractivity contribution in [3.05, 3.63) is 48.6 Å². The molecule has 36 heavy (non-hydrogen) atoms. The third kappa shape index (κ3) is 27.5. The third-order valence-electron chi connectivity index (χ3n) is 7.51. The Morgan fingerprint density at radius 2 is 0.722 bits per heavy atom. The summed E-state index contributed by atoms with van der Waals surface area (Å²) in [6.45, 7) is 9.38. The first kappa shape index (κ1) is 35.0. The summed E-state index contributed by atoms with van der Waals surface area (Å²) in [5.74, 6) is 1.63. The van der Waals surface area contributed by atoms with Gasteiger partial charge in [-0.3, -0.25) is 0 Å². The molecule has 0 aliphatic carbocycles. The minimum absolute atomic E-state index is 0.788. The molecule has 0 aromatic rings. The van der Waals surface area contributed by atoms with Gasteiger partial charge in [0.1, 0.15) is 0 Å². The maximum atomic E-state index is 2.42. The molecule has 210 valence electrons. The van der Waals surface area contributed by atoms with Crippen molar-refractivity contribution >= 4 is 0 Å². The van der Waals surface area contributed by atoms with Crippen molar-refractivity contribution in [3.63, 3.8) is 0 Å². The van der Waals surface area contributed by atoms with Crippen LogP contribution in [0.5, 0.6) is 0 Å². The number of hydrogen-bond donors (Lipinski definition) is 0. The first-order valence-electron chi connectivity index (χ1n) is 16.3. The Hall–Kier alpha value is -1.04. The van der Waals surface area contributed by atoms with E-state index in [1.165, 1.54) is 128 Å². The maximum absolute atomic E-state index is 2.42. The van der Waals surface area contributed by atoms with Crippen molar-refractivity contribution in [1.29, 1.82) is 0 Å². The quantitative estimate of drug-likeness (QED) is 0.0780. The van der Waals surface area contributed by atoms with Gasteiger partial charge in [-0.25, -0.2) is 0 Å². The Morgan fingerprint density at radius 3 is 1.08 bits per heavy atom. The van der Waals surface area contributed by atoms with Crippen LogP contribution in [0.4, 0.5) is 0 Å². The van der Waals surface area contributed by atoms with Gasteiger partial charge in [-0.15, -0.1) is 0 Å². The summed E-state index contributed by atoms with van der Waals surface area (Å²) in [7, 11) is 0. The molecule has 0 aliphatic rings. The summed E-state index contributed by atoms with van der Waals surface area (Å²) in [4.78, 5) is 0. The number of unbranched alkanes of at least 4 members (excludes halogenated alkanes) is 14. The minimum atomic E-state index is 0.788. The molecule has 0 rings (SSSR count). The van der Waals surface area contributed by atoms with E-state index in [4.69, 9.17) is 0 Å². The van der Waals surface area contributed by atoms with Gasteiger partial charge in [0.15, 0.2) is 0 Å². The predicted molar refractivity (Wildman–Crippen MR) is 168 cm³/mol. The largest absolute Gasteiger partial charge is 0.0882 e. The van der Waals surface area contributed by atoms with Gasteiger partial charge in [0, 0.05) is 0 Å². The van der Waals surface area contributed by atoms with Crippen LogP contribution >= 0.6 is 0 Å². The lowest BCUT2D eigenvalue weighted by Crippen LogP contribution is -2.07. The number of hydrogen-bond acceptors (Lipinski definition) is 0. The minimum Gasteiger partial charge on any atom is -0.0882 e. The van der Waals surface area contributed by atoms with E-state index in [0.717, 1.165) is 24.7 Å². The first-order valence-corrected chi connectivity index (χ1v) is 16.3. The van der Waals surface area contributed by atoms with E-state index >= 15 is 0 Å². The van der Waals surface area contributed by atoms with Crippen LogP contribution < -0.4 is 0 Å². The molecule has 0 aliphatic heterocycles. The van der Waals surface area contributed by atoms with Crippen molar-refractivity contribution in [2.45, 2.75) is 169 Å². The summed E-state index contributed by atoms with van der Waals surface area (Å²) in [6.07, 6.45) is 48.7. The van der Waals surface area contributed by atoms with E-state index in [1.54, 1.807) is 0 Å². The van der Waals surface area contributed by atoms with E-state index in [-0.39, 0.29) is 0 Å². The fraction of sp³-hybridized carbons (Fsp3) is 0.778. The van der Waals surface area contributed by atoms with Crippen LogP contribution in [-0.4, -0.2) is 0 Å². The highest BCUT2D eigenvalue weighted by atomic mass is 14.2. The molecule has 0 amide bonds. The van der Waals surface area contributed by atoms with Gasteiger partial charge in [-0.1, -0.05) is 153 Å². The lowest BCUT2D eigenvalue weighted by atomic mass is 9.87. The SMILES string of the molecule is CCCCCCCCC/C=C/C/C=C/CCC(CC/C=C/C/C=C/CCCCCCCCC)C(C)C. The highest BCUT2D eigenvalue weighted by Crippen LogP contribution is 2.23. The van der Waals surface area contributed by atoms with Gasteiger partial charge in [0.25, 0.3) is 0 Å². The fourth-order valence-corrected chi connectivity index (χ4v) is 4.88. The Bertz CT molecular complexity index is 474. The van der Waals surface area contributed by atoms with Crippen molar-refractivity contribution in [2.24, 2.45) is 11.8 Å². The Labute approximate surface area is 229 Å². The lowest BCUT2D eigenvalue weighted by molar-refractivity contribution is 0.341. The van der Waals surface area contributed by atoms with Gasteiger partial charge in [-0.2, -0.15) is 0 Å². The fourth-order valence-electron chi connectivity index (χ4n) is 4.88. The average molecular weight is 499 g/mol. The molecule has 0 nitrogen and oxygen atoms in total. The smallest absolute Gasteiger partial charge is 0.0169 e. The summed E-state index contributed by atoms with van der Waals surface area (Å²) in [5, 5.41) is 0. The Morgan fingerprint density at radius 1 is 0.389 bits per heavy atom. The van der Waals surface area contributed by atoms with Gasteiger partial charge in [0.05, 0.1) is 0 Å².